The lowest BCUT2D eigenvalue weighted by molar-refractivity contribution is -0.137. The molecule has 0 aliphatic heterocycles. The van der Waals surface area contributed by atoms with Crippen LogP contribution < -0.4 is 10.6 Å². The summed E-state index contributed by atoms with van der Waals surface area (Å²) < 4.78 is 38.5. The number of anilines is 4. The maximum atomic E-state index is 12.8. The van der Waals surface area contributed by atoms with Crippen molar-refractivity contribution in [2.24, 2.45) is 0 Å². The average Bonchev–Trinajstić information content (AvgIpc) is 3.23. The van der Waals surface area contributed by atoms with Gasteiger partial charge in [0.15, 0.2) is 11.5 Å². The molecule has 3 N–H and O–H groups in total. The molecule has 0 saturated carbocycles. The van der Waals surface area contributed by atoms with E-state index in [9.17, 15) is 13.2 Å². The third-order valence-electron chi connectivity index (χ3n) is 4.90. The van der Waals surface area contributed by atoms with E-state index < -0.39 is 11.7 Å². The predicted octanol–water partition coefficient (Wildman–Crippen LogP) is 6.01. The zero-order chi connectivity index (χ0) is 23.6. The Morgan fingerprint density at radius 1 is 1.03 bits per heavy atom. The number of allylic oxidation sites excluding steroid dienone is 1. The number of halogens is 3. The van der Waals surface area contributed by atoms with Crippen LogP contribution in [0, 0.1) is 25.2 Å². The molecule has 0 aliphatic rings. The Morgan fingerprint density at radius 3 is 2.36 bits per heavy atom. The topological polar surface area (TPSA) is 102 Å². The molecule has 0 spiro atoms. The van der Waals surface area contributed by atoms with Gasteiger partial charge in [0.25, 0.3) is 0 Å². The zero-order valence-corrected chi connectivity index (χ0v) is 17.6. The van der Waals surface area contributed by atoms with Gasteiger partial charge in [-0.15, -0.1) is 0 Å². The minimum Gasteiger partial charge on any atom is -0.340 e. The van der Waals surface area contributed by atoms with Crippen LogP contribution in [0.2, 0.25) is 0 Å². The fourth-order valence-electron chi connectivity index (χ4n) is 3.39. The summed E-state index contributed by atoms with van der Waals surface area (Å²) in [6.45, 7) is 3.85. The van der Waals surface area contributed by atoms with Crippen LogP contribution in [0.5, 0.6) is 0 Å². The Labute approximate surface area is 187 Å². The number of alkyl halides is 3. The lowest BCUT2D eigenvalue weighted by atomic mass is 10.0. The molecule has 0 unspecified atom stereocenters. The molecular weight excluding hydrogens is 431 g/mol. The van der Waals surface area contributed by atoms with E-state index in [1.54, 1.807) is 6.08 Å². The molecule has 4 rings (SSSR count). The Bertz CT molecular complexity index is 1360. The normalized spacial score (nSPS) is 11.6. The van der Waals surface area contributed by atoms with Crippen LogP contribution in [0.15, 0.2) is 48.8 Å². The third kappa shape index (κ3) is 4.77. The number of hydrogen-bond donors (Lipinski definition) is 3. The minimum atomic E-state index is -4.41. The van der Waals surface area contributed by atoms with E-state index in [1.807, 2.05) is 32.0 Å². The van der Waals surface area contributed by atoms with E-state index in [2.05, 4.69) is 30.6 Å². The molecule has 0 amide bonds. The molecule has 2 aromatic carbocycles. The molecule has 10 heteroatoms. The van der Waals surface area contributed by atoms with Crippen LogP contribution in [0.25, 0.3) is 17.2 Å². The number of hydrogen-bond acceptors (Lipinski definition) is 6. The van der Waals surface area contributed by atoms with Gasteiger partial charge in [-0.1, -0.05) is 0 Å². The number of benzene rings is 2. The van der Waals surface area contributed by atoms with Crippen molar-refractivity contribution < 1.29 is 13.2 Å². The van der Waals surface area contributed by atoms with Gasteiger partial charge in [0.05, 0.1) is 18.0 Å². The van der Waals surface area contributed by atoms with Gasteiger partial charge in [-0.3, -0.25) is 0 Å². The van der Waals surface area contributed by atoms with Gasteiger partial charge < -0.3 is 15.6 Å². The van der Waals surface area contributed by atoms with Crippen LogP contribution in [-0.2, 0) is 6.18 Å². The first-order chi connectivity index (χ1) is 15.7. The molecule has 7 nitrogen and oxygen atoms in total. The highest BCUT2D eigenvalue weighted by Crippen LogP contribution is 2.31. The number of nitrogens with one attached hydrogen (secondary N) is 3. The van der Waals surface area contributed by atoms with Crippen LogP contribution >= 0.6 is 0 Å². The fraction of sp³-hybridized carbons (Fsp3) is 0.130. The van der Waals surface area contributed by atoms with Gasteiger partial charge in [-0.05, 0) is 73.0 Å². The molecule has 0 saturated heterocycles. The van der Waals surface area contributed by atoms with Crippen molar-refractivity contribution >= 4 is 40.4 Å². The summed E-state index contributed by atoms with van der Waals surface area (Å²) in [5, 5.41) is 15.0. The van der Waals surface area contributed by atoms with Crippen molar-refractivity contribution in [2.45, 2.75) is 20.0 Å². The second-order valence-electron chi connectivity index (χ2n) is 7.31. The van der Waals surface area contributed by atoms with Crippen molar-refractivity contribution in [2.75, 3.05) is 10.6 Å². The number of aryl methyl sites for hydroxylation is 2. The van der Waals surface area contributed by atoms with Crippen LogP contribution in [-0.4, -0.2) is 19.9 Å². The predicted molar refractivity (Wildman–Crippen MR) is 120 cm³/mol. The molecule has 2 aromatic heterocycles. The van der Waals surface area contributed by atoms with Crippen molar-refractivity contribution in [3.63, 3.8) is 0 Å². The largest absolute Gasteiger partial charge is 0.416 e. The number of H-pyrrole nitrogens is 1. The highest BCUT2D eigenvalue weighted by atomic mass is 19.4. The van der Waals surface area contributed by atoms with E-state index in [4.69, 9.17) is 5.26 Å². The van der Waals surface area contributed by atoms with E-state index in [0.29, 0.717) is 22.7 Å². The molecule has 4 aromatic rings. The quantitative estimate of drug-likeness (QED) is 0.322. The van der Waals surface area contributed by atoms with Crippen molar-refractivity contribution in [1.82, 2.24) is 19.9 Å². The average molecular weight is 449 g/mol. The summed E-state index contributed by atoms with van der Waals surface area (Å²) in [6, 6.07) is 10.5. The first-order valence-electron chi connectivity index (χ1n) is 9.84. The van der Waals surface area contributed by atoms with Crippen molar-refractivity contribution in [3.8, 4) is 6.07 Å². The van der Waals surface area contributed by atoms with E-state index in [0.717, 1.165) is 34.5 Å². The number of aromatic nitrogens is 4. The number of aromatic amines is 1. The number of rotatable bonds is 5. The third-order valence-corrected chi connectivity index (χ3v) is 4.90. The van der Waals surface area contributed by atoms with Crippen LogP contribution in [0.3, 0.4) is 0 Å². The summed E-state index contributed by atoms with van der Waals surface area (Å²) in [5.74, 6) is 0.638. The summed E-state index contributed by atoms with van der Waals surface area (Å²) in [7, 11) is 0. The van der Waals surface area contributed by atoms with E-state index in [-0.39, 0.29) is 5.95 Å². The number of fused-ring (bicyclic) bond motifs is 1. The number of nitrogens with zero attached hydrogens (tertiary/aromatic N) is 4. The van der Waals surface area contributed by atoms with E-state index in [1.165, 1.54) is 24.5 Å². The maximum Gasteiger partial charge on any atom is 0.416 e. The molecule has 166 valence electrons. The first kappa shape index (κ1) is 21.8. The Kier molecular flexibility index (Phi) is 5.70. The summed E-state index contributed by atoms with van der Waals surface area (Å²) in [5.41, 5.74) is 4.17. The van der Waals surface area contributed by atoms with E-state index >= 15 is 0 Å². The lowest BCUT2D eigenvalue weighted by Crippen LogP contribution is -2.06. The summed E-state index contributed by atoms with van der Waals surface area (Å²) in [4.78, 5) is 16.1. The SMILES string of the molecule is Cc1cc(/C=C/C#N)cc(C)c1Nc1nc(Nc2ccc(C(F)(F)F)cc2)c2[nH]cnc2n1. The Morgan fingerprint density at radius 2 is 1.73 bits per heavy atom. The van der Waals surface area contributed by atoms with Crippen LogP contribution in [0.1, 0.15) is 22.3 Å². The molecule has 0 atom stereocenters. The second-order valence-corrected chi connectivity index (χ2v) is 7.31. The molecule has 2 heterocycles. The molecule has 0 aliphatic carbocycles. The number of imidazole rings is 1. The summed E-state index contributed by atoms with van der Waals surface area (Å²) >= 11 is 0. The molecule has 0 bridgehead atoms. The standard InChI is InChI=1S/C23H18F3N7/c1-13-10-15(4-3-9-27)11-14(2)18(13)31-22-32-20-19(28-12-29-20)21(33-22)30-17-7-5-16(6-8-17)23(24,25)26/h3-8,10-12H,1-2H3,(H3,28,29,30,31,32,33)/b4-3+. The molecule has 0 fully saturated rings. The summed E-state index contributed by atoms with van der Waals surface area (Å²) in [6.07, 6.45) is 0.196. The van der Waals surface area contributed by atoms with Gasteiger partial charge in [-0.25, -0.2) is 4.98 Å². The van der Waals surface area contributed by atoms with Crippen molar-refractivity contribution in [1.29, 1.82) is 5.26 Å². The highest BCUT2D eigenvalue weighted by Gasteiger charge is 2.30. The van der Waals surface area contributed by atoms with Gasteiger partial charge in [0.1, 0.15) is 5.52 Å². The minimum absolute atomic E-state index is 0.274. The van der Waals surface area contributed by atoms with Gasteiger partial charge in [-0.2, -0.15) is 28.4 Å². The Balaban J connectivity index is 1.66. The monoisotopic (exact) mass is 449 g/mol. The van der Waals surface area contributed by atoms with Crippen LogP contribution in [0.4, 0.5) is 36.3 Å². The highest BCUT2D eigenvalue weighted by molar-refractivity contribution is 5.86. The van der Waals surface area contributed by atoms with Gasteiger partial charge in [0, 0.05) is 17.5 Å². The van der Waals surface area contributed by atoms with Gasteiger partial charge in [0.2, 0.25) is 5.95 Å². The fourth-order valence-corrected chi connectivity index (χ4v) is 3.39. The Hall–Kier alpha value is -4.39. The maximum absolute atomic E-state index is 12.8. The second kappa shape index (κ2) is 8.63. The van der Waals surface area contributed by atoms with Gasteiger partial charge >= 0.3 is 6.18 Å². The zero-order valence-electron chi connectivity index (χ0n) is 17.6. The van der Waals surface area contributed by atoms with Crippen molar-refractivity contribution in [3.05, 3.63) is 71.1 Å². The molecular formula is C23H18F3N7. The molecule has 33 heavy (non-hydrogen) atoms. The molecule has 0 radical (unpaired) electrons. The number of nitriles is 1. The lowest BCUT2D eigenvalue weighted by Gasteiger charge is -2.14. The first-order valence-corrected chi connectivity index (χ1v) is 9.84. The smallest absolute Gasteiger partial charge is 0.340 e.